The van der Waals surface area contributed by atoms with Gasteiger partial charge < -0.3 is 14.5 Å². The van der Waals surface area contributed by atoms with Crippen molar-refractivity contribution in [2.24, 2.45) is 4.99 Å². The Kier molecular flexibility index (Phi) is 5.81. The molecule has 1 amide bonds. The van der Waals surface area contributed by atoms with Crippen LogP contribution in [0.2, 0.25) is 0 Å². The average Bonchev–Trinajstić information content (AvgIpc) is 3.31. The first-order valence-corrected chi connectivity index (χ1v) is 10.7. The highest BCUT2D eigenvalue weighted by Gasteiger charge is 2.25. The molecule has 0 fully saturated rings. The summed E-state index contributed by atoms with van der Waals surface area (Å²) in [5.41, 5.74) is 2.58. The van der Waals surface area contributed by atoms with Gasteiger partial charge in [0.05, 0.1) is 18.4 Å². The SMILES string of the molecule is CCOc1ccc(NC(=O)c2c(/N=C/c3ccc(C)o3)sc3c2CCCC3)cc1. The van der Waals surface area contributed by atoms with E-state index < -0.39 is 0 Å². The lowest BCUT2D eigenvalue weighted by Crippen LogP contribution is -2.14. The topological polar surface area (TPSA) is 63.8 Å². The number of rotatable bonds is 6. The summed E-state index contributed by atoms with van der Waals surface area (Å²) in [4.78, 5) is 19.0. The summed E-state index contributed by atoms with van der Waals surface area (Å²) in [5, 5.41) is 3.77. The number of thiophene rings is 1. The molecular formula is C23H24N2O3S. The first-order valence-electron chi connectivity index (χ1n) is 9.93. The van der Waals surface area contributed by atoms with E-state index in [-0.39, 0.29) is 5.91 Å². The van der Waals surface area contributed by atoms with Crippen molar-refractivity contribution in [2.45, 2.75) is 39.5 Å². The Bertz CT molecular complexity index is 1030. The van der Waals surface area contributed by atoms with Gasteiger partial charge in [-0.25, -0.2) is 4.99 Å². The number of hydrogen-bond donors (Lipinski definition) is 1. The molecule has 0 atom stereocenters. The fraction of sp³-hybridized carbons (Fsp3) is 0.304. The van der Waals surface area contributed by atoms with Gasteiger partial charge in [-0.1, -0.05) is 0 Å². The van der Waals surface area contributed by atoms with Crippen LogP contribution in [-0.2, 0) is 12.8 Å². The van der Waals surface area contributed by atoms with Crippen LogP contribution in [0.3, 0.4) is 0 Å². The molecule has 6 heteroatoms. The second kappa shape index (κ2) is 8.66. The van der Waals surface area contributed by atoms with Crippen LogP contribution in [0.25, 0.3) is 0 Å². The Hall–Kier alpha value is -2.86. The zero-order valence-electron chi connectivity index (χ0n) is 16.7. The molecule has 1 aliphatic rings. The fourth-order valence-corrected chi connectivity index (χ4v) is 4.75. The highest BCUT2D eigenvalue weighted by molar-refractivity contribution is 7.16. The first kappa shape index (κ1) is 19.5. The number of nitrogens with one attached hydrogen (secondary N) is 1. The van der Waals surface area contributed by atoms with Crippen LogP contribution < -0.4 is 10.1 Å². The number of ether oxygens (including phenoxy) is 1. The van der Waals surface area contributed by atoms with Crippen molar-refractivity contribution in [1.82, 2.24) is 0 Å². The second-order valence-corrected chi connectivity index (χ2v) is 8.09. The van der Waals surface area contributed by atoms with E-state index in [4.69, 9.17) is 9.15 Å². The van der Waals surface area contributed by atoms with E-state index >= 15 is 0 Å². The molecule has 0 bridgehead atoms. The second-order valence-electron chi connectivity index (χ2n) is 7.01. The Morgan fingerprint density at radius 2 is 2.00 bits per heavy atom. The highest BCUT2D eigenvalue weighted by Crippen LogP contribution is 2.40. The van der Waals surface area contributed by atoms with Crippen LogP contribution in [-0.4, -0.2) is 18.7 Å². The van der Waals surface area contributed by atoms with E-state index in [0.29, 0.717) is 17.9 Å². The highest BCUT2D eigenvalue weighted by atomic mass is 32.1. The molecule has 5 nitrogen and oxygen atoms in total. The number of furan rings is 1. The van der Waals surface area contributed by atoms with Gasteiger partial charge in [-0.2, -0.15) is 0 Å². The molecule has 0 aliphatic heterocycles. The maximum atomic E-state index is 13.2. The number of anilines is 1. The summed E-state index contributed by atoms with van der Waals surface area (Å²) in [5.74, 6) is 2.20. The van der Waals surface area contributed by atoms with Gasteiger partial charge in [-0.3, -0.25) is 4.79 Å². The van der Waals surface area contributed by atoms with Crippen molar-refractivity contribution in [3.05, 3.63) is 63.9 Å². The molecule has 0 spiro atoms. The number of aryl methyl sites for hydroxylation is 2. The first-order chi connectivity index (χ1) is 14.1. The van der Waals surface area contributed by atoms with Crippen LogP contribution in [0.4, 0.5) is 10.7 Å². The molecule has 150 valence electrons. The molecule has 0 saturated heterocycles. The van der Waals surface area contributed by atoms with Crippen molar-refractivity contribution >= 4 is 34.1 Å². The maximum absolute atomic E-state index is 13.2. The third-order valence-electron chi connectivity index (χ3n) is 4.87. The van der Waals surface area contributed by atoms with Crippen LogP contribution in [0.15, 0.2) is 45.8 Å². The average molecular weight is 409 g/mol. The molecule has 0 saturated carbocycles. The summed E-state index contributed by atoms with van der Waals surface area (Å²) >= 11 is 1.62. The van der Waals surface area contributed by atoms with Crippen LogP contribution in [0.1, 0.15) is 52.1 Å². The Morgan fingerprint density at radius 3 is 2.72 bits per heavy atom. The molecule has 0 radical (unpaired) electrons. The van der Waals surface area contributed by atoms with Gasteiger partial charge in [0, 0.05) is 10.6 Å². The number of amides is 1. The zero-order chi connectivity index (χ0) is 20.2. The Morgan fingerprint density at radius 1 is 1.21 bits per heavy atom. The molecule has 4 rings (SSSR count). The van der Waals surface area contributed by atoms with Crippen LogP contribution in [0.5, 0.6) is 5.75 Å². The summed E-state index contributed by atoms with van der Waals surface area (Å²) < 4.78 is 11.0. The molecule has 1 aromatic carbocycles. The molecule has 2 heterocycles. The third-order valence-corrected chi connectivity index (χ3v) is 6.07. The Balaban J connectivity index is 1.61. The molecular weight excluding hydrogens is 384 g/mol. The summed E-state index contributed by atoms with van der Waals surface area (Å²) in [6.07, 6.45) is 5.89. The van der Waals surface area contributed by atoms with Crippen molar-refractivity contribution in [3.8, 4) is 5.75 Å². The van der Waals surface area contributed by atoms with Gasteiger partial charge in [0.25, 0.3) is 5.91 Å². The molecule has 3 aromatic rings. The molecule has 0 unspecified atom stereocenters. The van der Waals surface area contributed by atoms with Crippen molar-refractivity contribution in [3.63, 3.8) is 0 Å². The number of fused-ring (bicyclic) bond motifs is 1. The van der Waals surface area contributed by atoms with E-state index in [0.717, 1.165) is 53.4 Å². The molecule has 2 aromatic heterocycles. The number of aliphatic imine (C=N–C) groups is 1. The van der Waals surface area contributed by atoms with Gasteiger partial charge >= 0.3 is 0 Å². The predicted octanol–water partition coefficient (Wildman–Crippen LogP) is 5.93. The lowest BCUT2D eigenvalue weighted by atomic mass is 9.95. The van der Waals surface area contributed by atoms with Gasteiger partial charge in [0.1, 0.15) is 22.3 Å². The van der Waals surface area contributed by atoms with Crippen LogP contribution >= 0.6 is 11.3 Å². The Labute approximate surface area is 174 Å². The van der Waals surface area contributed by atoms with Gasteiger partial charge in [-0.15, -0.1) is 11.3 Å². The lowest BCUT2D eigenvalue weighted by Gasteiger charge is -2.13. The minimum absolute atomic E-state index is 0.115. The number of hydrogen-bond acceptors (Lipinski definition) is 5. The van der Waals surface area contributed by atoms with Crippen LogP contribution in [0, 0.1) is 6.92 Å². The number of carbonyl (C=O) groups excluding carboxylic acids is 1. The number of carbonyl (C=O) groups is 1. The monoisotopic (exact) mass is 408 g/mol. The van der Waals surface area contributed by atoms with E-state index in [2.05, 4.69) is 10.3 Å². The summed E-state index contributed by atoms with van der Waals surface area (Å²) in [6.45, 7) is 4.46. The van der Waals surface area contributed by atoms with E-state index in [1.807, 2.05) is 50.2 Å². The molecule has 1 N–H and O–H groups in total. The molecule has 29 heavy (non-hydrogen) atoms. The quantitative estimate of drug-likeness (QED) is 0.514. The van der Waals surface area contributed by atoms with Crippen molar-refractivity contribution in [2.75, 3.05) is 11.9 Å². The van der Waals surface area contributed by atoms with Gasteiger partial charge in [-0.05, 0) is 81.5 Å². The minimum Gasteiger partial charge on any atom is -0.494 e. The number of benzene rings is 1. The lowest BCUT2D eigenvalue weighted by molar-refractivity contribution is 0.102. The maximum Gasteiger partial charge on any atom is 0.259 e. The van der Waals surface area contributed by atoms with Crippen molar-refractivity contribution < 1.29 is 13.9 Å². The smallest absolute Gasteiger partial charge is 0.259 e. The zero-order valence-corrected chi connectivity index (χ0v) is 17.5. The van der Waals surface area contributed by atoms with Gasteiger partial charge in [0.2, 0.25) is 0 Å². The predicted molar refractivity (Wildman–Crippen MR) is 117 cm³/mol. The van der Waals surface area contributed by atoms with Gasteiger partial charge in [0.15, 0.2) is 0 Å². The third kappa shape index (κ3) is 4.43. The summed E-state index contributed by atoms with van der Waals surface area (Å²) in [7, 11) is 0. The van der Waals surface area contributed by atoms with E-state index in [1.165, 1.54) is 4.88 Å². The fourth-order valence-electron chi connectivity index (χ4n) is 3.52. The standard InChI is InChI=1S/C23H24N2O3S/c1-3-27-17-12-9-16(10-13-17)25-22(26)21-19-6-4-5-7-20(19)29-23(21)24-14-18-11-8-15(2)28-18/h8-14H,3-7H2,1-2H3,(H,25,26)/b24-14+. The largest absolute Gasteiger partial charge is 0.494 e. The molecule has 1 aliphatic carbocycles. The van der Waals surface area contributed by atoms with Crippen molar-refractivity contribution in [1.29, 1.82) is 0 Å². The number of nitrogens with zero attached hydrogens (tertiary/aromatic N) is 1. The minimum atomic E-state index is -0.115. The normalized spacial score (nSPS) is 13.4. The van der Waals surface area contributed by atoms with E-state index in [9.17, 15) is 4.79 Å². The summed E-state index contributed by atoms with van der Waals surface area (Å²) in [6, 6.07) is 11.2. The van der Waals surface area contributed by atoms with E-state index in [1.54, 1.807) is 17.6 Å².